The molecule has 0 aliphatic rings. The molecule has 63 heavy (non-hydrogen) atoms. The van der Waals surface area contributed by atoms with E-state index in [-0.39, 0.29) is 18.5 Å². The van der Waals surface area contributed by atoms with E-state index in [2.05, 4.69) is 31.3 Å². The molecule has 0 aromatic rings. The average Bonchev–Trinajstić information content (AvgIpc) is 3.28. The van der Waals surface area contributed by atoms with Crippen molar-refractivity contribution in [1.82, 2.24) is 5.32 Å². The van der Waals surface area contributed by atoms with Crippen molar-refractivity contribution in [2.45, 2.75) is 328 Å². The predicted octanol–water partition coefficient (Wildman–Crippen LogP) is 17.3. The van der Waals surface area contributed by atoms with Crippen LogP contribution < -0.4 is 5.32 Å². The van der Waals surface area contributed by atoms with Crippen LogP contribution in [0, 0.1) is 0 Å². The van der Waals surface area contributed by atoms with Gasteiger partial charge in [-0.2, -0.15) is 0 Å². The van der Waals surface area contributed by atoms with Crippen LogP contribution in [0.25, 0.3) is 0 Å². The third kappa shape index (κ3) is 49.9. The number of rotatable bonds is 53. The lowest BCUT2D eigenvalue weighted by Gasteiger charge is -2.22. The molecule has 6 heteroatoms. The van der Waals surface area contributed by atoms with Gasteiger partial charge in [-0.25, -0.2) is 0 Å². The third-order valence-electron chi connectivity index (χ3n) is 13.3. The lowest BCUT2D eigenvalue weighted by atomic mass is 10.0. The topological polar surface area (TPSA) is 95.9 Å². The molecule has 2 unspecified atom stereocenters. The van der Waals surface area contributed by atoms with E-state index in [9.17, 15) is 19.8 Å². The zero-order valence-electron chi connectivity index (χ0n) is 42.6. The quantitative estimate of drug-likeness (QED) is 0.0321. The highest BCUT2D eigenvalue weighted by Crippen LogP contribution is 2.17. The van der Waals surface area contributed by atoms with Crippen LogP contribution in [-0.2, 0) is 14.3 Å². The standard InChI is InChI=1S/C57H111NO5/c1-3-5-7-9-11-13-15-17-18-19-20-21-22-23-26-29-33-37-41-45-49-55(60)54(53-59)58-56(61)50-46-42-38-34-30-27-24-28-32-36-40-44-48-52-63-57(62)51-47-43-39-35-31-25-16-14-12-10-8-6-4-2/h27,30,54-55,59-60H,3-26,28-29,31-53H2,1-2H3,(H,58,61)/b30-27-. The van der Waals surface area contributed by atoms with Gasteiger partial charge < -0.3 is 20.3 Å². The Labute approximate surface area is 393 Å². The summed E-state index contributed by atoms with van der Waals surface area (Å²) in [7, 11) is 0. The predicted molar refractivity (Wildman–Crippen MR) is 273 cm³/mol. The molecule has 6 nitrogen and oxygen atoms in total. The van der Waals surface area contributed by atoms with Crippen LogP contribution in [0.2, 0.25) is 0 Å². The van der Waals surface area contributed by atoms with Crippen LogP contribution in [0.3, 0.4) is 0 Å². The van der Waals surface area contributed by atoms with E-state index >= 15 is 0 Å². The molecule has 0 spiro atoms. The molecular formula is C57H111NO5. The van der Waals surface area contributed by atoms with E-state index in [0.717, 1.165) is 70.6 Å². The molecule has 0 fully saturated rings. The summed E-state index contributed by atoms with van der Waals surface area (Å²) < 4.78 is 5.46. The van der Waals surface area contributed by atoms with Crippen molar-refractivity contribution in [2.75, 3.05) is 13.2 Å². The molecule has 0 bridgehead atoms. The van der Waals surface area contributed by atoms with Gasteiger partial charge >= 0.3 is 5.97 Å². The summed E-state index contributed by atoms with van der Waals surface area (Å²) in [6.07, 6.45) is 62.0. The zero-order valence-corrected chi connectivity index (χ0v) is 42.6. The first-order valence-corrected chi connectivity index (χ1v) is 28.4. The molecule has 0 aliphatic carbocycles. The van der Waals surface area contributed by atoms with Crippen LogP contribution in [0.4, 0.5) is 0 Å². The molecule has 0 aliphatic heterocycles. The zero-order chi connectivity index (χ0) is 45.8. The highest BCUT2D eigenvalue weighted by Gasteiger charge is 2.20. The highest BCUT2D eigenvalue weighted by atomic mass is 16.5. The van der Waals surface area contributed by atoms with Crippen molar-refractivity contribution in [3.63, 3.8) is 0 Å². The Morgan fingerprint density at radius 3 is 1.14 bits per heavy atom. The normalized spacial score (nSPS) is 12.6. The Bertz CT molecular complexity index is 939. The first-order chi connectivity index (χ1) is 31.0. The lowest BCUT2D eigenvalue weighted by molar-refractivity contribution is -0.143. The number of aliphatic hydroxyl groups is 2. The summed E-state index contributed by atoms with van der Waals surface area (Å²) >= 11 is 0. The van der Waals surface area contributed by atoms with Crippen molar-refractivity contribution < 1.29 is 24.5 Å². The van der Waals surface area contributed by atoms with Crippen molar-refractivity contribution in [3.8, 4) is 0 Å². The molecule has 3 N–H and O–H groups in total. The largest absolute Gasteiger partial charge is 0.466 e. The molecule has 0 rings (SSSR count). The van der Waals surface area contributed by atoms with Gasteiger partial charge in [0.25, 0.3) is 0 Å². The molecule has 0 aromatic carbocycles. The fourth-order valence-electron chi connectivity index (χ4n) is 8.93. The van der Waals surface area contributed by atoms with Gasteiger partial charge in [-0.05, 0) is 51.4 Å². The van der Waals surface area contributed by atoms with E-state index in [1.807, 2.05) is 0 Å². The number of nitrogens with one attached hydrogen (secondary N) is 1. The van der Waals surface area contributed by atoms with Gasteiger partial charge in [-0.1, -0.05) is 264 Å². The van der Waals surface area contributed by atoms with Crippen LogP contribution >= 0.6 is 0 Å². The van der Waals surface area contributed by atoms with E-state index in [4.69, 9.17) is 4.74 Å². The first-order valence-electron chi connectivity index (χ1n) is 28.4. The van der Waals surface area contributed by atoms with Gasteiger partial charge in [0.15, 0.2) is 0 Å². The number of carbonyl (C=O) groups is 2. The molecule has 0 saturated carbocycles. The maximum absolute atomic E-state index is 12.5. The average molecular weight is 891 g/mol. The maximum Gasteiger partial charge on any atom is 0.305 e. The summed E-state index contributed by atoms with van der Waals surface area (Å²) in [4.78, 5) is 24.5. The number of unbranched alkanes of at least 4 members (excludes halogenated alkanes) is 40. The monoisotopic (exact) mass is 890 g/mol. The molecule has 2 atom stereocenters. The summed E-state index contributed by atoms with van der Waals surface area (Å²) in [6.45, 7) is 4.93. The van der Waals surface area contributed by atoms with Crippen molar-refractivity contribution in [3.05, 3.63) is 12.2 Å². The fourth-order valence-corrected chi connectivity index (χ4v) is 8.93. The van der Waals surface area contributed by atoms with E-state index < -0.39 is 12.1 Å². The van der Waals surface area contributed by atoms with Crippen molar-refractivity contribution in [1.29, 1.82) is 0 Å². The van der Waals surface area contributed by atoms with Crippen LogP contribution in [-0.4, -0.2) is 47.4 Å². The Morgan fingerprint density at radius 1 is 0.429 bits per heavy atom. The molecular weight excluding hydrogens is 779 g/mol. The van der Waals surface area contributed by atoms with Crippen molar-refractivity contribution in [2.24, 2.45) is 0 Å². The highest BCUT2D eigenvalue weighted by molar-refractivity contribution is 5.76. The SMILES string of the molecule is CCCCCCCCCCCCCCCCCCCCCCC(O)C(CO)NC(=O)CCCCC/C=C\CCCCCCCCOC(=O)CCCCCCCCCCCCCCC. The van der Waals surface area contributed by atoms with Gasteiger partial charge in [0.2, 0.25) is 5.91 Å². The van der Waals surface area contributed by atoms with Gasteiger partial charge in [0.05, 0.1) is 25.4 Å². The third-order valence-corrected chi connectivity index (χ3v) is 13.3. The van der Waals surface area contributed by atoms with Crippen LogP contribution in [0.5, 0.6) is 0 Å². The second-order valence-corrected chi connectivity index (χ2v) is 19.6. The molecule has 0 aromatic heterocycles. The number of carbonyl (C=O) groups excluding carboxylic acids is 2. The minimum absolute atomic E-state index is 0.0102. The summed E-state index contributed by atoms with van der Waals surface area (Å²) in [6, 6.07) is -0.561. The van der Waals surface area contributed by atoms with Gasteiger partial charge in [0.1, 0.15) is 0 Å². The molecule has 0 saturated heterocycles. The van der Waals surface area contributed by atoms with Gasteiger partial charge in [0, 0.05) is 12.8 Å². The van der Waals surface area contributed by atoms with Crippen LogP contribution in [0.1, 0.15) is 316 Å². The molecule has 0 heterocycles. The Kier molecular flexibility index (Phi) is 52.0. The van der Waals surface area contributed by atoms with Crippen LogP contribution in [0.15, 0.2) is 12.2 Å². The number of ether oxygens (including phenoxy) is 1. The number of allylic oxidation sites excluding steroid dienone is 2. The van der Waals surface area contributed by atoms with E-state index in [0.29, 0.717) is 25.9 Å². The summed E-state index contributed by atoms with van der Waals surface area (Å²) in [5.74, 6) is -0.0719. The van der Waals surface area contributed by atoms with E-state index in [1.165, 1.54) is 212 Å². The summed E-state index contributed by atoms with van der Waals surface area (Å²) in [5.41, 5.74) is 0. The number of hydrogen-bond acceptors (Lipinski definition) is 5. The lowest BCUT2D eigenvalue weighted by Crippen LogP contribution is -2.45. The fraction of sp³-hybridized carbons (Fsp3) is 0.930. The second kappa shape index (κ2) is 53.2. The summed E-state index contributed by atoms with van der Waals surface area (Å²) in [5, 5.41) is 23.3. The van der Waals surface area contributed by atoms with Gasteiger partial charge in [-0.15, -0.1) is 0 Å². The minimum Gasteiger partial charge on any atom is -0.466 e. The van der Waals surface area contributed by atoms with E-state index in [1.54, 1.807) is 0 Å². The number of hydrogen-bond donors (Lipinski definition) is 3. The first kappa shape index (κ1) is 61.6. The number of aliphatic hydroxyl groups excluding tert-OH is 2. The Morgan fingerprint density at radius 2 is 0.746 bits per heavy atom. The Balaban J connectivity index is 3.48. The Hall–Kier alpha value is -1.40. The van der Waals surface area contributed by atoms with Gasteiger partial charge in [-0.3, -0.25) is 9.59 Å². The maximum atomic E-state index is 12.5. The molecule has 0 radical (unpaired) electrons. The number of esters is 1. The number of amides is 1. The smallest absolute Gasteiger partial charge is 0.305 e. The minimum atomic E-state index is -0.681. The molecule has 1 amide bonds. The molecule has 374 valence electrons. The van der Waals surface area contributed by atoms with Crippen molar-refractivity contribution >= 4 is 11.9 Å². The second-order valence-electron chi connectivity index (χ2n) is 19.6.